The van der Waals surface area contributed by atoms with Crippen LogP contribution in [-0.2, 0) is 11.3 Å². The Bertz CT molecular complexity index is 421. The number of methoxy groups -OCH3 is 1. The highest BCUT2D eigenvalue weighted by Crippen LogP contribution is 2.26. The second kappa shape index (κ2) is 7.09. The van der Waals surface area contributed by atoms with Gasteiger partial charge < -0.3 is 15.0 Å². The molecule has 3 atom stereocenters. The van der Waals surface area contributed by atoms with Crippen LogP contribution in [0.4, 0.5) is 5.69 Å². The lowest BCUT2D eigenvalue weighted by Crippen LogP contribution is -2.57. The summed E-state index contributed by atoms with van der Waals surface area (Å²) < 4.78 is 5.35. The van der Waals surface area contributed by atoms with Gasteiger partial charge in [0.15, 0.2) is 0 Å². The van der Waals surface area contributed by atoms with E-state index < -0.39 is 0 Å². The predicted octanol–water partition coefficient (Wildman–Crippen LogP) is 3.05. The van der Waals surface area contributed by atoms with E-state index in [2.05, 4.69) is 55.3 Å². The highest BCUT2D eigenvalue weighted by Gasteiger charge is 2.28. The van der Waals surface area contributed by atoms with Crippen LogP contribution >= 0.6 is 0 Å². The summed E-state index contributed by atoms with van der Waals surface area (Å²) in [5.74, 6) is 0.708. The number of ether oxygens (including phenoxy) is 1. The summed E-state index contributed by atoms with van der Waals surface area (Å²) in [6.07, 6.45) is 1.22. The van der Waals surface area contributed by atoms with Crippen molar-refractivity contribution in [2.45, 2.75) is 45.9 Å². The number of anilines is 1. The van der Waals surface area contributed by atoms with Crippen molar-refractivity contribution in [3.8, 4) is 0 Å². The van der Waals surface area contributed by atoms with Crippen molar-refractivity contribution in [2.75, 3.05) is 25.1 Å². The number of benzene rings is 1. The fourth-order valence-corrected chi connectivity index (χ4v) is 2.96. The van der Waals surface area contributed by atoms with Crippen LogP contribution in [0.25, 0.3) is 0 Å². The minimum Gasteiger partial charge on any atom is -0.380 e. The van der Waals surface area contributed by atoms with Gasteiger partial charge in [-0.1, -0.05) is 38.5 Å². The van der Waals surface area contributed by atoms with Gasteiger partial charge in [0.2, 0.25) is 0 Å². The van der Waals surface area contributed by atoms with Crippen LogP contribution in [0.1, 0.15) is 32.8 Å². The second-order valence-electron chi connectivity index (χ2n) is 5.96. The quantitative estimate of drug-likeness (QED) is 0.894. The Kier molecular flexibility index (Phi) is 5.44. The Morgan fingerprint density at radius 2 is 2.15 bits per heavy atom. The first kappa shape index (κ1) is 15.3. The Balaban J connectivity index is 2.20. The SMILES string of the molecule is CCC(C)C1CN(c2ccccc2COC)C(C)CN1. The molecule has 20 heavy (non-hydrogen) atoms. The maximum Gasteiger partial charge on any atom is 0.0733 e. The Labute approximate surface area is 123 Å². The Morgan fingerprint density at radius 3 is 2.85 bits per heavy atom. The number of piperazine rings is 1. The van der Waals surface area contributed by atoms with E-state index in [0.29, 0.717) is 24.6 Å². The lowest BCUT2D eigenvalue weighted by molar-refractivity contribution is 0.185. The Hall–Kier alpha value is -1.06. The van der Waals surface area contributed by atoms with Crippen LogP contribution in [0.5, 0.6) is 0 Å². The summed E-state index contributed by atoms with van der Waals surface area (Å²) in [4.78, 5) is 2.54. The van der Waals surface area contributed by atoms with Crippen LogP contribution < -0.4 is 10.2 Å². The molecular formula is C17H28N2O. The van der Waals surface area contributed by atoms with Gasteiger partial charge in [0.25, 0.3) is 0 Å². The molecule has 0 radical (unpaired) electrons. The molecule has 0 saturated carbocycles. The normalized spacial score (nSPS) is 24.7. The van der Waals surface area contributed by atoms with Crippen LogP contribution in [-0.4, -0.2) is 32.3 Å². The van der Waals surface area contributed by atoms with E-state index in [0.717, 1.165) is 13.1 Å². The molecule has 1 aromatic rings. The molecule has 1 heterocycles. The third-order valence-electron chi connectivity index (χ3n) is 4.53. The summed E-state index contributed by atoms with van der Waals surface area (Å²) in [7, 11) is 1.76. The minimum atomic E-state index is 0.522. The molecule has 112 valence electrons. The van der Waals surface area contributed by atoms with Crippen LogP contribution in [0.2, 0.25) is 0 Å². The zero-order chi connectivity index (χ0) is 14.5. The van der Waals surface area contributed by atoms with E-state index in [4.69, 9.17) is 4.74 Å². The summed E-state index contributed by atoms with van der Waals surface area (Å²) in [6.45, 7) is 9.72. The summed E-state index contributed by atoms with van der Waals surface area (Å²) in [5, 5.41) is 3.70. The van der Waals surface area contributed by atoms with E-state index in [9.17, 15) is 0 Å². The van der Waals surface area contributed by atoms with Gasteiger partial charge in [-0.15, -0.1) is 0 Å². The number of hydrogen-bond acceptors (Lipinski definition) is 3. The van der Waals surface area contributed by atoms with Gasteiger partial charge >= 0.3 is 0 Å². The van der Waals surface area contributed by atoms with Gasteiger partial charge in [-0.3, -0.25) is 0 Å². The van der Waals surface area contributed by atoms with Crippen LogP contribution in [0.15, 0.2) is 24.3 Å². The molecule has 1 fully saturated rings. The first-order chi connectivity index (χ1) is 9.67. The number of para-hydroxylation sites is 1. The van der Waals surface area contributed by atoms with Crippen molar-refractivity contribution >= 4 is 5.69 Å². The average Bonchev–Trinajstić information content (AvgIpc) is 2.48. The standard InChI is InChI=1S/C17H28N2O/c1-5-13(2)16-11-19(14(3)10-18-16)17-9-7-6-8-15(17)12-20-4/h6-9,13-14,16,18H,5,10-12H2,1-4H3. The van der Waals surface area contributed by atoms with Gasteiger partial charge in [-0.2, -0.15) is 0 Å². The number of nitrogens with zero attached hydrogens (tertiary/aromatic N) is 1. The highest BCUT2D eigenvalue weighted by atomic mass is 16.5. The third-order valence-corrected chi connectivity index (χ3v) is 4.53. The van der Waals surface area contributed by atoms with Crippen molar-refractivity contribution in [1.29, 1.82) is 0 Å². The second-order valence-corrected chi connectivity index (χ2v) is 5.96. The van der Waals surface area contributed by atoms with Gasteiger partial charge in [0.1, 0.15) is 0 Å². The van der Waals surface area contributed by atoms with E-state index in [1.54, 1.807) is 7.11 Å². The molecule has 0 amide bonds. The average molecular weight is 276 g/mol. The zero-order valence-corrected chi connectivity index (χ0v) is 13.2. The lowest BCUT2D eigenvalue weighted by atomic mass is 9.95. The Morgan fingerprint density at radius 1 is 1.40 bits per heavy atom. The van der Waals surface area contributed by atoms with Crippen molar-refractivity contribution in [1.82, 2.24) is 5.32 Å². The lowest BCUT2D eigenvalue weighted by Gasteiger charge is -2.43. The smallest absolute Gasteiger partial charge is 0.0733 e. The van der Waals surface area contributed by atoms with Crippen molar-refractivity contribution in [3.63, 3.8) is 0 Å². The molecule has 0 bridgehead atoms. The fourth-order valence-electron chi connectivity index (χ4n) is 2.96. The highest BCUT2D eigenvalue weighted by molar-refractivity contribution is 5.54. The largest absolute Gasteiger partial charge is 0.380 e. The topological polar surface area (TPSA) is 24.5 Å². The van der Waals surface area contributed by atoms with Crippen molar-refractivity contribution in [3.05, 3.63) is 29.8 Å². The minimum absolute atomic E-state index is 0.522. The maximum absolute atomic E-state index is 5.35. The summed E-state index contributed by atoms with van der Waals surface area (Å²) in [5.41, 5.74) is 2.61. The fraction of sp³-hybridized carbons (Fsp3) is 0.647. The molecule has 1 N–H and O–H groups in total. The van der Waals surface area contributed by atoms with Crippen LogP contribution in [0, 0.1) is 5.92 Å². The monoisotopic (exact) mass is 276 g/mol. The molecule has 1 aliphatic heterocycles. The van der Waals surface area contributed by atoms with E-state index in [1.165, 1.54) is 17.7 Å². The molecule has 0 spiro atoms. The van der Waals surface area contributed by atoms with E-state index in [1.807, 2.05) is 0 Å². The molecule has 0 aromatic heterocycles. The summed E-state index contributed by atoms with van der Waals surface area (Å²) in [6, 6.07) is 9.72. The molecule has 2 rings (SSSR count). The molecule has 3 unspecified atom stereocenters. The van der Waals surface area contributed by atoms with Crippen LogP contribution in [0.3, 0.4) is 0 Å². The first-order valence-electron chi connectivity index (χ1n) is 7.74. The maximum atomic E-state index is 5.35. The van der Waals surface area contributed by atoms with E-state index in [-0.39, 0.29) is 0 Å². The molecule has 1 aliphatic rings. The van der Waals surface area contributed by atoms with E-state index >= 15 is 0 Å². The number of hydrogen-bond donors (Lipinski definition) is 1. The van der Waals surface area contributed by atoms with Gasteiger partial charge in [0.05, 0.1) is 6.61 Å². The molecule has 0 aliphatic carbocycles. The van der Waals surface area contributed by atoms with Gasteiger partial charge in [0, 0.05) is 43.5 Å². The van der Waals surface area contributed by atoms with Crippen molar-refractivity contribution in [2.24, 2.45) is 5.92 Å². The van der Waals surface area contributed by atoms with Crippen molar-refractivity contribution < 1.29 is 4.74 Å². The molecule has 1 aromatic carbocycles. The molecule has 3 heteroatoms. The number of nitrogens with one attached hydrogen (secondary N) is 1. The summed E-state index contributed by atoms with van der Waals surface area (Å²) >= 11 is 0. The van der Waals surface area contributed by atoms with Gasteiger partial charge in [-0.05, 0) is 18.9 Å². The zero-order valence-electron chi connectivity index (χ0n) is 13.2. The predicted molar refractivity (Wildman–Crippen MR) is 85.2 cm³/mol. The first-order valence-corrected chi connectivity index (χ1v) is 7.74. The van der Waals surface area contributed by atoms with Gasteiger partial charge in [-0.25, -0.2) is 0 Å². The third kappa shape index (κ3) is 3.33. The molecule has 3 nitrogen and oxygen atoms in total. The molecule has 1 saturated heterocycles. The molecular weight excluding hydrogens is 248 g/mol. The number of rotatable bonds is 5.